The van der Waals surface area contributed by atoms with Crippen molar-refractivity contribution < 1.29 is 33.4 Å². The summed E-state index contributed by atoms with van der Waals surface area (Å²) in [5.41, 5.74) is 8.69. The highest BCUT2D eigenvalue weighted by molar-refractivity contribution is 5.93. The number of nitrogens with zero attached hydrogens (tertiary/aromatic N) is 3. The first-order valence-corrected chi connectivity index (χ1v) is 16.2. The van der Waals surface area contributed by atoms with E-state index in [1.807, 2.05) is 0 Å². The van der Waals surface area contributed by atoms with Gasteiger partial charge in [-0.05, 0) is 66.7 Å². The topological polar surface area (TPSA) is 196 Å². The number of halogens is 1. The standard InChI is InChI=1S/C35H35FN6O7/c1-3-35(48)21-11-26-31-19(14-42(26)33(46)20(21)15-49-34(35)47)30-23(5-4-18-16(2)22(36)12-24(40-31)29(18)30)41-32(45)25(13-27(37)43)39-28(44)10-17-6-8-38-9-7-17/h6-9,11,22-23,25,48H,3-5,10,12-15H2,1-2H3,(H2,37,43)(H,39,44)(H,41,45)/t22?,23-,25-,35-/m0/s1. The van der Waals surface area contributed by atoms with E-state index in [1.165, 1.54) is 4.57 Å². The molecule has 0 radical (unpaired) electrons. The summed E-state index contributed by atoms with van der Waals surface area (Å²) in [5.74, 6) is -2.73. The molecule has 7 rings (SSSR count). The average molecular weight is 671 g/mol. The number of cyclic esters (lactones) is 1. The minimum absolute atomic E-state index is 0.0125. The lowest BCUT2D eigenvalue weighted by Crippen LogP contribution is -2.50. The minimum atomic E-state index is -2.02. The number of hydrogen-bond acceptors (Lipinski definition) is 9. The first-order chi connectivity index (χ1) is 23.4. The molecule has 2 aliphatic heterocycles. The maximum Gasteiger partial charge on any atom is 0.343 e. The minimum Gasteiger partial charge on any atom is -0.458 e. The van der Waals surface area contributed by atoms with Gasteiger partial charge in [0, 0.05) is 35.5 Å². The molecule has 2 aliphatic carbocycles. The molecule has 3 aromatic rings. The summed E-state index contributed by atoms with van der Waals surface area (Å²) in [7, 11) is 0. The van der Waals surface area contributed by atoms with Gasteiger partial charge in [0.25, 0.3) is 5.56 Å². The molecule has 49 heavy (non-hydrogen) atoms. The van der Waals surface area contributed by atoms with Gasteiger partial charge in [-0.15, -0.1) is 0 Å². The molecule has 14 heteroatoms. The van der Waals surface area contributed by atoms with Gasteiger partial charge in [0.2, 0.25) is 17.7 Å². The number of alkyl halides is 1. The quantitative estimate of drug-likeness (QED) is 0.201. The highest BCUT2D eigenvalue weighted by Crippen LogP contribution is 2.49. The van der Waals surface area contributed by atoms with Crippen LogP contribution in [-0.4, -0.2) is 55.5 Å². The van der Waals surface area contributed by atoms with Crippen LogP contribution < -0.4 is 21.9 Å². The number of esters is 1. The normalized spacial score (nSPS) is 22.2. The first-order valence-electron chi connectivity index (χ1n) is 16.2. The van der Waals surface area contributed by atoms with Crippen molar-refractivity contribution in [3.05, 3.63) is 85.6 Å². The van der Waals surface area contributed by atoms with Crippen LogP contribution in [-0.2, 0) is 55.5 Å². The van der Waals surface area contributed by atoms with Crippen LogP contribution in [0.3, 0.4) is 0 Å². The van der Waals surface area contributed by atoms with Crippen molar-refractivity contribution in [1.29, 1.82) is 0 Å². The van der Waals surface area contributed by atoms with Gasteiger partial charge in [-0.1, -0.05) is 6.92 Å². The molecular weight excluding hydrogens is 635 g/mol. The zero-order chi connectivity index (χ0) is 34.8. The number of hydrogen-bond donors (Lipinski definition) is 4. The number of carbonyl (C=O) groups is 4. The lowest BCUT2D eigenvalue weighted by atomic mass is 9.74. The van der Waals surface area contributed by atoms with E-state index in [2.05, 4.69) is 15.6 Å². The number of rotatable bonds is 8. The molecule has 5 N–H and O–H groups in total. The molecule has 0 saturated heterocycles. The van der Waals surface area contributed by atoms with Crippen LogP contribution in [0.5, 0.6) is 0 Å². The summed E-state index contributed by atoms with van der Waals surface area (Å²) < 4.78 is 22.1. The number of nitrogens with two attached hydrogens (primary N) is 1. The van der Waals surface area contributed by atoms with E-state index in [1.54, 1.807) is 44.4 Å². The summed E-state index contributed by atoms with van der Waals surface area (Å²) in [4.78, 5) is 74.1. The SMILES string of the molecule is CC[C@@]1(O)C(=O)OCc2c1cc1n(c2=O)Cc2c-1nc1c3c2[C@@H](NC(=O)[C@H](CC(N)=O)NC(=O)Cc2ccncc2)CCC3=C(C)C(F)C1. The van der Waals surface area contributed by atoms with E-state index in [-0.39, 0.29) is 43.5 Å². The molecule has 0 fully saturated rings. The van der Waals surface area contributed by atoms with Crippen LogP contribution in [0.1, 0.15) is 84.6 Å². The highest BCUT2D eigenvalue weighted by atomic mass is 19.1. The molecule has 4 aliphatic rings. The highest BCUT2D eigenvalue weighted by Gasteiger charge is 2.46. The zero-order valence-corrected chi connectivity index (χ0v) is 27.0. The largest absolute Gasteiger partial charge is 0.458 e. The Labute approximate surface area is 279 Å². The number of aromatic nitrogens is 3. The number of primary amides is 1. The summed E-state index contributed by atoms with van der Waals surface area (Å²) in [6.45, 7) is 3.16. The number of fused-ring (bicyclic) bond motifs is 5. The van der Waals surface area contributed by atoms with Gasteiger partial charge in [-0.25, -0.2) is 9.18 Å². The first kappa shape index (κ1) is 32.3. The number of ether oxygens (including phenoxy) is 1. The van der Waals surface area contributed by atoms with Crippen molar-refractivity contribution in [2.24, 2.45) is 5.73 Å². The summed E-state index contributed by atoms with van der Waals surface area (Å²) in [6, 6.07) is 3.02. The number of aliphatic hydroxyl groups is 1. The Morgan fingerprint density at radius 3 is 2.69 bits per heavy atom. The van der Waals surface area contributed by atoms with Gasteiger partial charge in [-0.3, -0.25) is 29.1 Å². The Morgan fingerprint density at radius 1 is 1.22 bits per heavy atom. The van der Waals surface area contributed by atoms with Gasteiger partial charge in [0.1, 0.15) is 18.8 Å². The van der Waals surface area contributed by atoms with Crippen molar-refractivity contribution >= 4 is 29.3 Å². The maximum absolute atomic E-state index is 15.4. The van der Waals surface area contributed by atoms with Crippen LogP contribution >= 0.6 is 0 Å². The predicted molar refractivity (Wildman–Crippen MR) is 172 cm³/mol. The van der Waals surface area contributed by atoms with Gasteiger partial charge in [0.05, 0.1) is 48.1 Å². The number of nitrogens with one attached hydrogen (secondary N) is 2. The summed E-state index contributed by atoms with van der Waals surface area (Å²) in [6.07, 6.45) is 2.12. The second kappa shape index (κ2) is 12.0. The Bertz CT molecular complexity index is 2040. The second-order valence-electron chi connectivity index (χ2n) is 13.0. The van der Waals surface area contributed by atoms with Crippen molar-refractivity contribution in [2.45, 2.75) is 89.4 Å². The van der Waals surface area contributed by atoms with E-state index < -0.39 is 59.5 Å². The van der Waals surface area contributed by atoms with Crippen molar-refractivity contribution in [2.75, 3.05) is 0 Å². The fourth-order valence-electron chi connectivity index (χ4n) is 7.57. The molecule has 13 nitrogen and oxygen atoms in total. The fraction of sp³-hybridized carbons (Fsp3) is 0.400. The maximum atomic E-state index is 15.4. The smallest absolute Gasteiger partial charge is 0.343 e. The Morgan fingerprint density at radius 2 is 1.98 bits per heavy atom. The van der Waals surface area contributed by atoms with Crippen LogP contribution in [0.4, 0.5) is 4.39 Å². The molecule has 0 spiro atoms. The van der Waals surface area contributed by atoms with Crippen molar-refractivity contribution in [3.8, 4) is 11.4 Å². The molecule has 5 heterocycles. The number of carbonyl (C=O) groups excluding carboxylic acids is 4. The van der Waals surface area contributed by atoms with Crippen molar-refractivity contribution in [3.63, 3.8) is 0 Å². The molecule has 0 saturated carbocycles. The third-order valence-electron chi connectivity index (χ3n) is 10.2. The third kappa shape index (κ3) is 5.30. The van der Waals surface area contributed by atoms with Crippen molar-refractivity contribution in [1.82, 2.24) is 25.2 Å². The number of amides is 3. The van der Waals surface area contributed by atoms with Crippen LogP contribution in [0.25, 0.3) is 17.0 Å². The van der Waals surface area contributed by atoms with Gasteiger partial charge in [0.15, 0.2) is 5.60 Å². The van der Waals surface area contributed by atoms with E-state index in [9.17, 15) is 29.1 Å². The van der Waals surface area contributed by atoms with E-state index in [0.717, 1.165) is 11.1 Å². The second-order valence-corrected chi connectivity index (χ2v) is 13.0. The molecular formula is C35H35FN6O7. The fourth-order valence-corrected chi connectivity index (χ4v) is 7.57. The summed E-state index contributed by atoms with van der Waals surface area (Å²) in [5, 5.41) is 16.9. The Balaban J connectivity index is 1.29. The van der Waals surface area contributed by atoms with Crippen LogP contribution in [0.15, 0.2) is 41.0 Å². The van der Waals surface area contributed by atoms with E-state index >= 15 is 4.39 Å². The number of pyridine rings is 3. The van der Waals surface area contributed by atoms with Crippen LogP contribution in [0, 0.1) is 0 Å². The molecule has 3 amide bonds. The molecule has 0 aromatic carbocycles. The molecule has 3 aromatic heterocycles. The third-order valence-corrected chi connectivity index (χ3v) is 10.2. The lowest BCUT2D eigenvalue weighted by Gasteiger charge is -2.36. The zero-order valence-electron chi connectivity index (χ0n) is 27.0. The average Bonchev–Trinajstić information content (AvgIpc) is 3.44. The van der Waals surface area contributed by atoms with Gasteiger partial charge >= 0.3 is 5.97 Å². The molecule has 0 bridgehead atoms. The number of allylic oxidation sites excluding steroid dienone is 2. The predicted octanol–water partition coefficient (Wildman–Crippen LogP) is 1.54. The Hall–Kier alpha value is -5.24. The van der Waals surface area contributed by atoms with E-state index in [0.29, 0.717) is 52.2 Å². The summed E-state index contributed by atoms with van der Waals surface area (Å²) >= 11 is 0. The monoisotopic (exact) mass is 670 g/mol. The van der Waals surface area contributed by atoms with E-state index in [4.69, 9.17) is 15.5 Å². The van der Waals surface area contributed by atoms with Gasteiger partial charge < -0.3 is 30.8 Å². The Kier molecular flexibility index (Phi) is 7.93. The van der Waals surface area contributed by atoms with Gasteiger partial charge in [-0.2, -0.15) is 0 Å². The molecule has 1 unspecified atom stereocenters. The lowest BCUT2D eigenvalue weighted by molar-refractivity contribution is -0.172. The van der Waals surface area contributed by atoms with Crippen LogP contribution in [0.2, 0.25) is 0 Å². The molecule has 4 atom stereocenters. The molecule has 254 valence electrons.